The molecule has 0 radical (unpaired) electrons. The molecular formula is C20H24N2O6S2. The van der Waals surface area contributed by atoms with Gasteiger partial charge in [-0.05, 0) is 49.8 Å². The van der Waals surface area contributed by atoms with E-state index in [-0.39, 0.29) is 16.7 Å². The van der Waals surface area contributed by atoms with Crippen molar-refractivity contribution in [2.24, 2.45) is 0 Å². The monoisotopic (exact) mass is 452 g/mol. The molecule has 1 atom stereocenters. The number of carbonyl (C=O) groups is 2. The van der Waals surface area contributed by atoms with Crippen LogP contribution in [0.1, 0.15) is 44.1 Å². The van der Waals surface area contributed by atoms with E-state index in [0.717, 1.165) is 16.9 Å². The van der Waals surface area contributed by atoms with Crippen LogP contribution in [0.3, 0.4) is 0 Å². The van der Waals surface area contributed by atoms with Crippen molar-refractivity contribution < 1.29 is 28.5 Å². The van der Waals surface area contributed by atoms with Gasteiger partial charge in [-0.15, -0.1) is 11.3 Å². The first-order valence-electron chi connectivity index (χ1n) is 8.86. The molecule has 0 spiro atoms. The molecule has 0 aliphatic carbocycles. The van der Waals surface area contributed by atoms with E-state index in [1.165, 1.54) is 14.2 Å². The van der Waals surface area contributed by atoms with Gasteiger partial charge in [-0.2, -0.15) is 0 Å². The molecule has 0 saturated carbocycles. The fourth-order valence-corrected chi connectivity index (χ4v) is 4.29. The number of thiophene rings is 1. The number of anilines is 1. The minimum absolute atomic E-state index is 0.235. The van der Waals surface area contributed by atoms with Crippen LogP contribution in [0.15, 0.2) is 18.2 Å². The van der Waals surface area contributed by atoms with E-state index in [2.05, 4.69) is 10.6 Å². The van der Waals surface area contributed by atoms with Gasteiger partial charge in [-0.1, -0.05) is 0 Å². The maximum absolute atomic E-state index is 12.3. The van der Waals surface area contributed by atoms with E-state index in [4.69, 9.17) is 31.2 Å². The van der Waals surface area contributed by atoms with E-state index in [1.54, 1.807) is 27.2 Å². The lowest BCUT2D eigenvalue weighted by Gasteiger charge is -2.20. The summed E-state index contributed by atoms with van der Waals surface area (Å²) in [5.41, 5.74) is 1.54. The second kappa shape index (κ2) is 10.3. The molecule has 10 heteroatoms. The molecule has 0 aliphatic heterocycles. The second-order valence-corrected chi connectivity index (χ2v) is 7.60. The van der Waals surface area contributed by atoms with Gasteiger partial charge in [0.15, 0.2) is 5.11 Å². The maximum Gasteiger partial charge on any atom is 0.348 e. The van der Waals surface area contributed by atoms with Crippen molar-refractivity contribution in [3.8, 4) is 11.5 Å². The third-order valence-electron chi connectivity index (χ3n) is 4.39. The van der Waals surface area contributed by atoms with Crippen LogP contribution in [0.25, 0.3) is 0 Å². The number of rotatable bonds is 7. The van der Waals surface area contributed by atoms with Gasteiger partial charge in [0, 0.05) is 5.56 Å². The highest BCUT2D eigenvalue weighted by Gasteiger charge is 2.26. The van der Waals surface area contributed by atoms with Gasteiger partial charge < -0.3 is 29.6 Å². The van der Waals surface area contributed by atoms with Gasteiger partial charge >= 0.3 is 11.9 Å². The summed E-state index contributed by atoms with van der Waals surface area (Å²) in [6.07, 6.45) is 0. The molecule has 1 heterocycles. The predicted molar refractivity (Wildman–Crippen MR) is 119 cm³/mol. The van der Waals surface area contributed by atoms with Crippen molar-refractivity contribution in [3.05, 3.63) is 39.8 Å². The van der Waals surface area contributed by atoms with Crippen molar-refractivity contribution in [2.75, 3.05) is 33.8 Å². The minimum Gasteiger partial charge on any atom is -0.497 e. The molecule has 0 amide bonds. The number of hydrogen-bond acceptors (Lipinski definition) is 8. The zero-order valence-corrected chi connectivity index (χ0v) is 19.2. The maximum atomic E-state index is 12.3. The number of thiocarbonyl (C=S) groups is 1. The summed E-state index contributed by atoms with van der Waals surface area (Å²) in [4.78, 5) is 24.6. The lowest BCUT2D eigenvalue weighted by atomic mass is 10.1. The summed E-state index contributed by atoms with van der Waals surface area (Å²) in [7, 11) is 5.72. The summed E-state index contributed by atoms with van der Waals surface area (Å²) in [6.45, 7) is 3.56. The molecule has 8 nitrogen and oxygen atoms in total. The van der Waals surface area contributed by atoms with Crippen molar-refractivity contribution in [3.63, 3.8) is 0 Å². The van der Waals surface area contributed by atoms with Crippen LogP contribution in [0, 0.1) is 6.92 Å². The molecule has 0 fully saturated rings. The van der Waals surface area contributed by atoms with E-state index >= 15 is 0 Å². The van der Waals surface area contributed by atoms with Crippen molar-refractivity contribution in [1.29, 1.82) is 0 Å². The predicted octanol–water partition coefficient (Wildman–Crippen LogP) is 3.69. The average molecular weight is 453 g/mol. The Balaban J connectivity index is 2.28. The molecular weight excluding hydrogens is 428 g/mol. The lowest BCUT2D eigenvalue weighted by molar-refractivity contribution is 0.0601. The minimum atomic E-state index is -0.577. The van der Waals surface area contributed by atoms with Crippen molar-refractivity contribution in [2.45, 2.75) is 19.9 Å². The molecule has 30 heavy (non-hydrogen) atoms. The van der Waals surface area contributed by atoms with E-state index < -0.39 is 11.9 Å². The van der Waals surface area contributed by atoms with Crippen molar-refractivity contribution in [1.82, 2.24) is 5.32 Å². The number of esters is 2. The molecule has 0 bridgehead atoms. The number of benzene rings is 1. The lowest BCUT2D eigenvalue weighted by Crippen LogP contribution is -2.31. The van der Waals surface area contributed by atoms with Gasteiger partial charge in [-0.25, -0.2) is 9.59 Å². The van der Waals surface area contributed by atoms with Gasteiger partial charge in [0.05, 0.1) is 40.0 Å². The SMILES string of the molecule is COC(=O)c1sc(NC(=S)N[C@H](C)c2cc(OC)ccc2OC)c(C(=O)OC)c1C. The largest absolute Gasteiger partial charge is 0.497 e. The first kappa shape index (κ1) is 23.4. The highest BCUT2D eigenvalue weighted by molar-refractivity contribution is 7.80. The van der Waals surface area contributed by atoms with Crippen LogP contribution in [0.5, 0.6) is 11.5 Å². The summed E-state index contributed by atoms with van der Waals surface area (Å²) >= 11 is 6.49. The first-order valence-corrected chi connectivity index (χ1v) is 10.1. The molecule has 0 unspecified atom stereocenters. The highest BCUT2D eigenvalue weighted by atomic mass is 32.1. The number of carbonyl (C=O) groups excluding carboxylic acids is 2. The molecule has 1 aromatic heterocycles. The molecule has 1 aromatic carbocycles. The Morgan fingerprint density at radius 1 is 1.07 bits per heavy atom. The van der Waals surface area contributed by atoms with Crippen molar-refractivity contribution >= 4 is 45.6 Å². The summed E-state index contributed by atoms with van der Waals surface area (Å²) < 4.78 is 20.3. The second-order valence-electron chi connectivity index (χ2n) is 6.17. The number of ether oxygens (including phenoxy) is 4. The van der Waals surface area contributed by atoms with Gasteiger partial charge in [-0.3, -0.25) is 0 Å². The summed E-state index contributed by atoms with van der Waals surface area (Å²) in [5.74, 6) is 0.243. The molecule has 0 aliphatic rings. The fraction of sp³-hybridized carbons (Fsp3) is 0.350. The van der Waals surface area contributed by atoms with E-state index in [9.17, 15) is 9.59 Å². The Labute approximate surface area is 184 Å². The molecule has 2 N–H and O–H groups in total. The van der Waals surface area contributed by atoms with Crippen LogP contribution in [0.4, 0.5) is 5.00 Å². The Morgan fingerprint density at radius 3 is 2.30 bits per heavy atom. The molecule has 162 valence electrons. The standard InChI is InChI=1S/C20H24N2O6S2/c1-10-15(18(23)27-5)17(30-16(10)19(24)28-6)22-20(29)21-11(2)13-9-12(25-3)7-8-14(13)26-4/h7-9,11H,1-6H3,(H2,21,22,29)/t11-/m1/s1. The number of nitrogens with one attached hydrogen (secondary N) is 2. The van der Waals surface area contributed by atoms with Gasteiger partial charge in [0.2, 0.25) is 0 Å². The van der Waals surface area contributed by atoms with E-state index in [1.807, 2.05) is 19.1 Å². The van der Waals surface area contributed by atoms with Crippen LogP contribution >= 0.6 is 23.6 Å². The highest BCUT2D eigenvalue weighted by Crippen LogP contribution is 2.34. The molecule has 0 saturated heterocycles. The normalized spacial score (nSPS) is 11.3. The Hall–Kier alpha value is -2.85. The topological polar surface area (TPSA) is 95.1 Å². The average Bonchev–Trinajstić information content (AvgIpc) is 3.07. The fourth-order valence-electron chi connectivity index (χ4n) is 2.83. The zero-order chi connectivity index (χ0) is 22.4. The quantitative estimate of drug-likeness (QED) is 0.482. The summed E-state index contributed by atoms with van der Waals surface area (Å²) in [5, 5.41) is 6.79. The Bertz CT molecular complexity index is 957. The number of methoxy groups -OCH3 is 4. The van der Waals surface area contributed by atoms with E-state index in [0.29, 0.717) is 26.9 Å². The third kappa shape index (κ3) is 5.00. The third-order valence-corrected chi connectivity index (χ3v) is 5.79. The Morgan fingerprint density at radius 2 is 1.73 bits per heavy atom. The molecule has 2 aromatic rings. The summed E-state index contributed by atoms with van der Waals surface area (Å²) in [6, 6.07) is 5.22. The smallest absolute Gasteiger partial charge is 0.348 e. The van der Waals surface area contributed by atoms with Crippen LogP contribution < -0.4 is 20.1 Å². The Kier molecular flexibility index (Phi) is 8.01. The van der Waals surface area contributed by atoms with Crippen LogP contribution in [-0.4, -0.2) is 45.5 Å². The van der Waals surface area contributed by atoms with Crippen LogP contribution in [0.2, 0.25) is 0 Å². The van der Waals surface area contributed by atoms with Gasteiger partial charge in [0.25, 0.3) is 0 Å². The van der Waals surface area contributed by atoms with Crippen LogP contribution in [-0.2, 0) is 9.47 Å². The number of hydrogen-bond donors (Lipinski definition) is 2. The zero-order valence-electron chi connectivity index (χ0n) is 17.6. The van der Waals surface area contributed by atoms with Gasteiger partial charge in [0.1, 0.15) is 21.4 Å². The molecule has 2 rings (SSSR count). The first-order chi connectivity index (χ1) is 14.3.